The minimum atomic E-state index is 0.0436. The highest BCUT2D eigenvalue weighted by atomic mass is 16.5. The van der Waals surface area contributed by atoms with Crippen LogP contribution in [0, 0.1) is 0 Å². The Labute approximate surface area is 352 Å². The van der Waals surface area contributed by atoms with Gasteiger partial charge in [0.15, 0.2) is 11.0 Å². The van der Waals surface area contributed by atoms with E-state index in [1.807, 2.05) is 6.07 Å². The Hall–Kier alpha value is -7.76. The van der Waals surface area contributed by atoms with Crippen molar-refractivity contribution in [1.82, 2.24) is 14.1 Å². The zero-order chi connectivity index (χ0) is 40.8. The number of ether oxygens (including phenoxy) is 1. The minimum Gasteiger partial charge on any atom is -0.457 e. The maximum atomic E-state index is 6.80. The molecule has 0 saturated heterocycles. The van der Waals surface area contributed by atoms with Gasteiger partial charge in [0.25, 0.3) is 6.33 Å². The Morgan fingerprint density at radius 2 is 1.15 bits per heavy atom. The highest BCUT2D eigenvalue weighted by Gasteiger charge is 2.23. The number of benzene rings is 9. The van der Waals surface area contributed by atoms with Crippen molar-refractivity contribution in [3.63, 3.8) is 0 Å². The van der Waals surface area contributed by atoms with Gasteiger partial charge in [0.05, 0.1) is 16.6 Å². The molecule has 0 aliphatic heterocycles. The second-order valence-electron chi connectivity index (χ2n) is 17.1. The van der Waals surface area contributed by atoms with Crippen LogP contribution in [0.15, 0.2) is 194 Å². The first kappa shape index (κ1) is 35.2. The van der Waals surface area contributed by atoms with Crippen molar-refractivity contribution in [2.45, 2.75) is 26.2 Å². The van der Waals surface area contributed by atoms with E-state index in [1.54, 1.807) is 0 Å². The summed E-state index contributed by atoms with van der Waals surface area (Å²) in [6, 6.07) is 67.0. The zero-order valence-electron chi connectivity index (χ0n) is 34.2. The van der Waals surface area contributed by atoms with Gasteiger partial charge in [-0.1, -0.05) is 130 Å². The van der Waals surface area contributed by atoms with Crippen LogP contribution in [0.4, 0.5) is 0 Å². The lowest BCUT2D eigenvalue weighted by Crippen LogP contribution is -2.29. The third-order valence-corrected chi connectivity index (χ3v) is 12.4. The summed E-state index contributed by atoms with van der Waals surface area (Å²) in [4.78, 5) is 5.54. The average molecular weight is 786 g/mol. The van der Waals surface area contributed by atoms with Crippen LogP contribution in [0.3, 0.4) is 0 Å². The van der Waals surface area contributed by atoms with Crippen LogP contribution in [0.2, 0.25) is 0 Å². The van der Waals surface area contributed by atoms with E-state index in [1.165, 1.54) is 43.3 Å². The molecule has 0 spiro atoms. The van der Waals surface area contributed by atoms with E-state index in [0.29, 0.717) is 0 Å². The molecule has 61 heavy (non-hydrogen) atoms. The summed E-state index contributed by atoms with van der Waals surface area (Å²) < 4.78 is 13.7. The normalized spacial score (nSPS) is 12.2. The third-order valence-electron chi connectivity index (χ3n) is 12.4. The van der Waals surface area contributed by atoms with Crippen LogP contribution in [-0.4, -0.2) is 14.1 Å². The molecule has 0 aliphatic carbocycles. The van der Waals surface area contributed by atoms with Crippen molar-refractivity contribution in [3.05, 3.63) is 200 Å². The van der Waals surface area contributed by atoms with Crippen LogP contribution in [-0.2, 0) is 5.41 Å². The number of hydrogen-bond acceptors (Lipinski definition) is 2. The van der Waals surface area contributed by atoms with Gasteiger partial charge in [-0.2, -0.15) is 9.13 Å². The lowest BCUT2D eigenvalue weighted by atomic mass is 9.87. The van der Waals surface area contributed by atoms with Crippen molar-refractivity contribution in [3.8, 4) is 28.7 Å². The van der Waals surface area contributed by atoms with E-state index in [0.717, 1.165) is 67.0 Å². The third kappa shape index (κ3) is 5.62. The van der Waals surface area contributed by atoms with Gasteiger partial charge in [0.1, 0.15) is 28.7 Å². The lowest BCUT2D eigenvalue weighted by molar-refractivity contribution is -0.567. The van der Waals surface area contributed by atoms with E-state index >= 15 is 0 Å². The number of para-hydroxylation sites is 3. The number of fused-ring (bicyclic) bond motifs is 11. The van der Waals surface area contributed by atoms with Gasteiger partial charge in [-0.15, -0.1) is 0 Å². The number of pyridine rings is 1. The molecule has 0 bridgehead atoms. The second-order valence-corrected chi connectivity index (χ2v) is 17.1. The molecule has 0 N–H and O–H groups in total. The van der Waals surface area contributed by atoms with Gasteiger partial charge in [0.2, 0.25) is 0 Å². The molecule has 0 saturated carbocycles. The van der Waals surface area contributed by atoms with Crippen LogP contribution in [0.1, 0.15) is 26.3 Å². The summed E-state index contributed by atoms with van der Waals surface area (Å²) in [6.07, 6.45) is 2.18. The summed E-state index contributed by atoms with van der Waals surface area (Å²) in [5.74, 6) is 2.41. The average Bonchev–Trinajstić information content (AvgIpc) is 3.84. The molecule has 0 radical (unpaired) electrons. The maximum absolute atomic E-state index is 6.80. The Kier molecular flexibility index (Phi) is 7.72. The fourth-order valence-electron chi connectivity index (χ4n) is 9.41. The summed E-state index contributed by atoms with van der Waals surface area (Å²) in [5, 5.41) is 10.6. The summed E-state index contributed by atoms with van der Waals surface area (Å²) in [5.41, 5.74) is 8.83. The van der Waals surface area contributed by atoms with Crippen molar-refractivity contribution in [2.75, 3.05) is 0 Å². The van der Waals surface area contributed by atoms with Gasteiger partial charge < -0.3 is 4.74 Å². The Bertz CT molecular complexity index is 3740. The predicted molar refractivity (Wildman–Crippen MR) is 252 cm³/mol. The summed E-state index contributed by atoms with van der Waals surface area (Å²) in [7, 11) is 0. The van der Waals surface area contributed by atoms with E-state index in [4.69, 9.17) is 9.72 Å². The second kappa shape index (κ2) is 13.4. The van der Waals surface area contributed by atoms with Gasteiger partial charge in [-0.3, -0.25) is 4.57 Å². The van der Waals surface area contributed by atoms with Crippen LogP contribution >= 0.6 is 0 Å². The Morgan fingerprint density at radius 3 is 1.97 bits per heavy atom. The lowest BCUT2D eigenvalue weighted by Gasteiger charge is -2.19. The van der Waals surface area contributed by atoms with Crippen molar-refractivity contribution < 1.29 is 9.30 Å². The van der Waals surface area contributed by atoms with Gasteiger partial charge >= 0.3 is 0 Å². The number of imidazole rings is 1. The Morgan fingerprint density at radius 1 is 0.492 bits per heavy atom. The van der Waals surface area contributed by atoms with Crippen LogP contribution in [0.5, 0.6) is 11.5 Å². The van der Waals surface area contributed by atoms with E-state index in [2.05, 4.69) is 223 Å². The number of hydrogen-bond donors (Lipinski definition) is 0. The highest BCUT2D eigenvalue weighted by Crippen LogP contribution is 2.42. The summed E-state index contributed by atoms with van der Waals surface area (Å²) >= 11 is 0. The van der Waals surface area contributed by atoms with Gasteiger partial charge in [0, 0.05) is 39.1 Å². The van der Waals surface area contributed by atoms with Crippen molar-refractivity contribution in [1.29, 1.82) is 0 Å². The van der Waals surface area contributed by atoms with Crippen LogP contribution < -0.4 is 9.30 Å². The molecule has 0 unspecified atom stereocenters. The zero-order valence-corrected chi connectivity index (χ0v) is 34.2. The summed E-state index contributed by atoms with van der Waals surface area (Å²) in [6.45, 7) is 6.77. The smallest absolute Gasteiger partial charge is 0.255 e. The molecule has 0 amide bonds. The first-order chi connectivity index (χ1) is 29.9. The molecular formula is C56H41N4O+. The number of aromatic nitrogens is 4. The first-order valence-electron chi connectivity index (χ1n) is 20.9. The molecule has 290 valence electrons. The molecule has 3 aromatic heterocycles. The van der Waals surface area contributed by atoms with E-state index < -0.39 is 0 Å². The predicted octanol–water partition coefficient (Wildman–Crippen LogP) is 14.1. The van der Waals surface area contributed by atoms with Gasteiger partial charge in [-0.25, -0.2) is 4.98 Å². The minimum absolute atomic E-state index is 0.0436. The van der Waals surface area contributed by atoms with Crippen LogP contribution in [0.25, 0.3) is 93.3 Å². The molecule has 12 rings (SSSR count). The van der Waals surface area contributed by atoms with E-state index in [9.17, 15) is 0 Å². The van der Waals surface area contributed by atoms with Gasteiger partial charge in [-0.05, 0) is 99.3 Å². The molecule has 0 aliphatic rings. The van der Waals surface area contributed by atoms with Crippen molar-refractivity contribution >= 4 is 76.1 Å². The molecule has 5 nitrogen and oxygen atoms in total. The SMILES string of the molecule is CC(C)(C)c1cccc(-[n+]2cn(-c3cccc(Oc4ccc5c6ccccc6n(-c6nc7ccc8ccccc8c7c7c6ccc6ccccc67)c5c4)c3)c3ccccc32)c1. The standard InChI is InChI=1S/C56H41N4O/c1-56(2,3)38-16-12-17-39(32-38)58-35-59(51-25-11-10-24-50(51)58)40-18-13-19-41(33-40)61-42-28-30-46-45-22-8-9-23-49(45)60(52(46)34-42)55-47-29-26-36-14-4-6-20-43(36)53(47)54-44-21-7-5-15-37(44)27-31-48(54)57-55/h4-35H,1-3H3/q+1. The number of rotatable bonds is 5. The maximum Gasteiger partial charge on any atom is 0.255 e. The molecule has 0 fully saturated rings. The quantitative estimate of drug-likeness (QED) is 0.129. The molecule has 12 aromatic rings. The molecule has 5 heteroatoms. The topological polar surface area (TPSA) is 35.9 Å². The largest absolute Gasteiger partial charge is 0.457 e. The molecule has 0 atom stereocenters. The fourth-order valence-corrected chi connectivity index (χ4v) is 9.41. The fraction of sp³-hybridized carbons (Fsp3) is 0.0714. The molecular weight excluding hydrogens is 745 g/mol. The first-order valence-corrected chi connectivity index (χ1v) is 20.9. The van der Waals surface area contributed by atoms with E-state index in [-0.39, 0.29) is 5.41 Å². The Balaban J connectivity index is 1.01. The molecule has 3 heterocycles. The number of nitrogens with zero attached hydrogens (tertiary/aromatic N) is 4. The molecule has 9 aromatic carbocycles. The highest BCUT2D eigenvalue weighted by molar-refractivity contribution is 6.28. The van der Waals surface area contributed by atoms with Crippen molar-refractivity contribution in [2.24, 2.45) is 0 Å². The monoisotopic (exact) mass is 785 g/mol.